The quantitative estimate of drug-likeness (QED) is 0.336. The van der Waals surface area contributed by atoms with Gasteiger partial charge in [-0.3, -0.25) is 9.32 Å². The maximum atomic E-state index is 10.7. The second-order valence-corrected chi connectivity index (χ2v) is 3.36. The molecule has 0 amide bonds. The van der Waals surface area contributed by atoms with E-state index in [9.17, 15) is 28.6 Å². The molecule has 0 spiro atoms. The minimum Gasteiger partial charge on any atom is -0.550 e. The molecule has 0 fully saturated rings. The zero-order valence-electron chi connectivity index (χ0n) is 9.61. The molecule has 0 aromatic rings. The first-order valence-corrected chi connectivity index (χ1v) is 4.78. The Labute approximate surface area is 128 Å². The van der Waals surface area contributed by atoms with E-state index >= 15 is 0 Å². The molecule has 0 aliphatic heterocycles. The van der Waals surface area contributed by atoms with Crippen LogP contribution in [0.5, 0.6) is 0 Å². The van der Waals surface area contributed by atoms with Gasteiger partial charge in [0.05, 0.1) is 6.42 Å². The largest absolute Gasteiger partial charge is 1.00 e. The molecule has 0 aliphatic carbocycles. The van der Waals surface area contributed by atoms with Crippen LogP contribution < -0.4 is 34.7 Å². The van der Waals surface area contributed by atoms with E-state index in [1.807, 2.05) is 0 Å². The van der Waals surface area contributed by atoms with Crippen molar-refractivity contribution in [2.75, 3.05) is 0 Å². The summed E-state index contributed by atoms with van der Waals surface area (Å²) < 4.78 is 24.3. The van der Waals surface area contributed by atoms with E-state index in [4.69, 9.17) is 10.2 Å². The van der Waals surface area contributed by atoms with Crippen LogP contribution in [0.25, 0.3) is 0 Å². The van der Waals surface area contributed by atoms with Crippen molar-refractivity contribution in [3.63, 3.8) is 0 Å². The van der Waals surface area contributed by atoms with Crippen molar-refractivity contribution in [2.24, 2.45) is 0 Å². The third-order valence-electron chi connectivity index (χ3n) is 1.51. The fraction of sp³-hybridized carbons (Fsp3) is 0.500. The van der Waals surface area contributed by atoms with Gasteiger partial charge < -0.3 is 31.1 Å². The Morgan fingerprint density at radius 3 is 1.74 bits per heavy atom. The summed E-state index contributed by atoms with van der Waals surface area (Å²) >= 11 is 0. The molecule has 0 aliphatic rings. The van der Waals surface area contributed by atoms with Gasteiger partial charge in [0.15, 0.2) is 5.60 Å². The molecule has 0 heterocycles. The number of carbonyl (C=O) groups is 3. The average molecular weight is 312 g/mol. The van der Waals surface area contributed by atoms with Crippen LogP contribution in [0.1, 0.15) is 12.8 Å². The van der Waals surface area contributed by atoms with Gasteiger partial charge in [0.1, 0.15) is 0 Å². The van der Waals surface area contributed by atoms with Crippen molar-refractivity contribution in [3.8, 4) is 0 Å². The van der Waals surface area contributed by atoms with E-state index in [0.717, 1.165) is 0 Å². The first kappa shape index (κ1) is 26.7. The van der Waals surface area contributed by atoms with Crippen LogP contribution in [0.2, 0.25) is 0 Å². The van der Waals surface area contributed by atoms with Crippen molar-refractivity contribution >= 4 is 25.8 Å². The molecule has 0 rings (SSSR count). The maximum absolute atomic E-state index is 10.7. The second kappa shape index (κ2) is 11.1. The number of carboxylic acids is 3. The molecule has 0 bridgehead atoms. The summed E-state index contributed by atoms with van der Waals surface area (Å²) in [7, 11) is -3.72. The molecule has 13 heteroatoms. The third kappa shape index (κ3) is 9.73. The number of hydrogen-bond acceptors (Lipinski definition) is 7. The average Bonchev–Trinajstić information content (AvgIpc) is 1.98. The summed E-state index contributed by atoms with van der Waals surface area (Å²) in [6.07, 6.45) is -2.71. The predicted octanol–water partition coefficient (Wildman–Crippen LogP) is -6.12. The summed E-state index contributed by atoms with van der Waals surface area (Å²) in [5, 5.41) is 27.2. The van der Waals surface area contributed by atoms with Gasteiger partial charge in [-0.1, -0.05) is 0 Å². The second-order valence-electron chi connectivity index (χ2n) is 2.73. The third-order valence-corrected chi connectivity index (χ3v) is 2.00. The van der Waals surface area contributed by atoms with Gasteiger partial charge in [0.25, 0.3) is 0 Å². The van der Waals surface area contributed by atoms with Crippen molar-refractivity contribution in [3.05, 3.63) is 0 Å². The summed E-state index contributed by atoms with van der Waals surface area (Å²) in [6, 6.07) is 0. The van der Waals surface area contributed by atoms with Crippen molar-refractivity contribution in [2.45, 2.75) is 18.4 Å². The van der Waals surface area contributed by atoms with Crippen LogP contribution in [0.15, 0.2) is 0 Å². The van der Waals surface area contributed by atoms with Crippen LogP contribution in [0.4, 0.5) is 0 Å². The van der Waals surface area contributed by atoms with Crippen molar-refractivity contribution < 1.29 is 83.9 Å². The normalized spacial score (nSPS) is 11.6. The first-order chi connectivity index (χ1) is 7.19. The van der Waals surface area contributed by atoms with Crippen molar-refractivity contribution in [1.82, 2.24) is 0 Å². The number of aliphatic carboxylic acids is 3. The van der Waals surface area contributed by atoms with Crippen LogP contribution in [-0.4, -0.2) is 44.7 Å². The zero-order chi connectivity index (χ0) is 12.9. The summed E-state index contributed by atoms with van der Waals surface area (Å²) in [5.74, 6) is -5.68. The predicted molar refractivity (Wildman–Crippen MR) is 48.8 cm³/mol. The Balaban J connectivity index is -0.000000375. The molecule has 1 atom stereocenters. The van der Waals surface area contributed by atoms with Gasteiger partial charge in [-0.25, -0.2) is 13.9 Å². The van der Waals surface area contributed by atoms with E-state index in [0.29, 0.717) is 0 Å². The molecular formula is C6H10NaO11P. The molecule has 0 saturated carbocycles. The molecule has 0 radical (unpaired) electrons. The summed E-state index contributed by atoms with van der Waals surface area (Å²) in [5.41, 5.74) is -2.88. The summed E-state index contributed by atoms with van der Waals surface area (Å²) in [4.78, 5) is 31.2. The number of rotatable bonds is 7. The molecule has 1 unspecified atom stereocenters. The fourth-order valence-electron chi connectivity index (χ4n) is 0.937. The Morgan fingerprint density at radius 1 is 1.11 bits per heavy atom. The smallest absolute Gasteiger partial charge is 0.550 e. The SMILES string of the molecule is O.O.O=C([O-])CC(CC(=O)O)(OP(=O)=O)C(=O)O.[Na+]. The van der Waals surface area contributed by atoms with Crippen LogP contribution in [-0.2, 0) is 28.0 Å². The van der Waals surface area contributed by atoms with Crippen LogP contribution in [0, 0.1) is 0 Å². The molecule has 0 aromatic heterocycles. The van der Waals surface area contributed by atoms with Gasteiger partial charge in [-0.05, 0) is 0 Å². The van der Waals surface area contributed by atoms with E-state index < -0.39 is 44.3 Å². The summed E-state index contributed by atoms with van der Waals surface area (Å²) in [6.45, 7) is 0. The molecule has 0 saturated heterocycles. The Bertz CT molecular complexity index is 365. The zero-order valence-corrected chi connectivity index (χ0v) is 12.5. The van der Waals surface area contributed by atoms with E-state index in [1.54, 1.807) is 0 Å². The van der Waals surface area contributed by atoms with Crippen LogP contribution >= 0.6 is 7.91 Å². The maximum Gasteiger partial charge on any atom is 1.00 e. The molecule has 0 aromatic carbocycles. The molecule has 106 valence electrons. The minimum absolute atomic E-state index is 0. The first-order valence-electron chi connectivity index (χ1n) is 3.68. The van der Waals surface area contributed by atoms with E-state index in [2.05, 4.69) is 4.52 Å². The molecule has 19 heavy (non-hydrogen) atoms. The molecule has 11 nitrogen and oxygen atoms in total. The standard InChI is InChI=1S/C6H7O9P.Na.2H2O/c7-3(8)1-6(5(11)12,2-4(9)10)15-16(13)14;;;/h1-2H2,(H,7,8)(H,9,10)(H,11,12);;2*1H2/q;+1;;/p-1. The fourth-order valence-corrected chi connectivity index (χ4v) is 1.43. The topological polar surface area (TPSA) is 221 Å². The number of hydrogen-bond donors (Lipinski definition) is 2. The van der Waals surface area contributed by atoms with Gasteiger partial charge in [0, 0.05) is 12.4 Å². The Kier molecular flexibility index (Phi) is 15.5. The Hall–Kier alpha value is -0.810. The number of carbonyl (C=O) groups excluding carboxylic acids is 1. The van der Waals surface area contributed by atoms with Crippen LogP contribution in [0.3, 0.4) is 0 Å². The van der Waals surface area contributed by atoms with Gasteiger partial charge in [-0.2, -0.15) is 0 Å². The van der Waals surface area contributed by atoms with Gasteiger partial charge in [-0.15, -0.1) is 0 Å². The van der Waals surface area contributed by atoms with E-state index in [-0.39, 0.29) is 40.5 Å². The molecule has 6 N–H and O–H groups in total. The Morgan fingerprint density at radius 2 is 1.53 bits per heavy atom. The monoisotopic (exact) mass is 312 g/mol. The van der Waals surface area contributed by atoms with E-state index in [1.165, 1.54) is 0 Å². The van der Waals surface area contributed by atoms with Gasteiger partial charge in [0.2, 0.25) is 0 Å². The van der Waals surface area contributed by atoms with Gasteiger partial charge >= 0.3 is 49.4 Å². The number of carboxylic acid groups (broad SMARTS) is 3. The molecular weight excluding hydrogens is 302 g/mol. The van der Waals surface area contributed by atoms with Crippen molar-refractivity contribution in [1.29, 1.82) is 0 Å². The minimum atomic E-state index is -3.72.